The average Bonchev–Trinajstić information content (AvgIpc) is 2.11. The molecule has 1 atom stereocenters. The van der Waals surface area contributed by atoms with Gasteiger partial charge < -0.3 is 29.5 Å². The SMILES string of the molecule is COC(OC)(C(=O)O)C(CO)P(=O)(O)O. The van der Waals surface area contributed by atoms with E-state index in [1.165, 1.54) is 0 Å². The number of rotatable bonds is 6. The van der Waals surface area contributed by atoms with Crippen LogP contribution >= 0.6 is 7.60 Å². The molecule has 0 heterocycles. The van der Waals surface area contributed by atoms with Crippen LogP contribution in [0.1, 0.15) is 0 Å². The lowest BCUT2D eigenvalue weighted by Gasteiger charge is -2.33. The van der Waals surface area contributed by atoms with E-state index < -0.39 is 31.6 Å². The minimum absolute atomic E-state index is 0.913. The lowest BCUT2D eigenvalue weighted by atomic mass is 10.2. The van der Waals surface area contributed by atoms with Gasteiger partial charge in [-0.25, -0.2) is 4.79 Å². The molecule has 0 saturated carbocycles. The Morgan fingerprint density at radius 1 is 1.40 bits per heavy atom. The lowest BCUT2D eigenvalue weighted by Crippen LogP contribution is -2.54. The average molecular weight is 244 g/mol. The van der Waals surface area contributed by atoms with E-state index >= 15 is 0 Å². The van der Waals surface area contributed by atoms with Gasteiger partial charge in [0.2, 0.25) is 0 Å². The summed E-state index contributed by atoms with van der Waals surface area (Å²) in [5.74, 6) is -4.29. The van der Waals surface area contributed by atoms with Gasteiger partial charge in [-0.15, -0.1) is 0 Å². The van der Waals surface area contributed by atoms with Crippen LogP contribution in [0.25, 0.3) is 0 Å². The molecular formula is C6H13O8P. The molecule has 0 spiro atoms. The first-order valence-corrected chi connectivity index (χ1v) is 5.44. The molecule has 0 aromatic heterocycles. The van der Waals surface area contributed by atoms with Gasteiger partial charge in [0.15, 0.2) is 0 Å². The van der Waals surface area contributed by atoms with Gasteiger partial charge >= 0.3 is 13.6 Å². The largest absolute Gasteiger partial charge is 0.477 e. The first-order valence-electron chi connectivity index (χ1n) is 3.76. The number of carboxylic acid groups (broad SMARTS) is 1. The molecule has 0 radical (unpaired) electrons. The van der Waals surface area contributed by atoms with Crippen molar-refractivity contribution in [2.24, 2.45) is 0 Å². The number of ether oxygens (including phenoxy) is 2. The number of hydrogen-bond donors (Lipinski definition) is 4. The zero-order valence-corrected chi connectivity index (χ0v) is 9.05. The van der Waals surface area contributed by atoms with Crippen molar-refractivity contribution in [3.8, 4) is 0 Å². The standard InChI is InChI=1S/C6H13O8P/c1-13-6(14-2,5(8)9)4(3-7)15(10,11)12/h4,7H,3H2,1-2H3,(H,8,9)(H2,10,11,12). The highest BCUT2D eigenvalue weighted by atomic mass is 31.2. The summed E-state index contributed by atoms with van der Waals surface area (Å²) in [6.07, 6.45) is 0. The highest BCUT2D eigenvalue weighted by Crippen LogP contribution is 2.47. The van der Waals surface area contributed by atoms with Gasteiger partial charge in [-0.05, 0) is 0 Å². The first kappa shape index (κ1) is 14.5. The summed E-state index contributed by atoms with van der Waals surface area (Å²) in [5.41, 5.74) is -1.99. The van der Waals surface area contributed by atoms with Gasteiger partial charge in [-0.2, -0.15) is 0 Å². The Balaban J connectivity index is 5.39. The topological polar surface area (TPSA) is 134 Å². The first-order chi connectivity index (χ1) is 6.76. The molecule has 0 fully saturated rings. The van der Waals surface area contributed by atoms with E-state index in [0.29, 0.717) is 0 Å². The highest BCUT2D eigenvalue weighted by Gasteiger charge is 2.55. The van der Waals surface area contributed by atoms with Crippen molar-refractivity contribution >= 4 is 13.6 Å². The van der Waals surface area contributed by atoms with Crippen molar-refractivity contribution in [3.05, 3.63) is 0 Å². The Hall–Kier alpha value is -0.500. The van der Waals surface area contributed by atoms with Crippen LogP contribution in [0.4, 0.5) is 0 Å². The molecule has 9 heteroatoms. The number of aliphatic hydroxyl groups is 1. The molecule has 0 aromatic rings. The van der Waals surface area contributed by atoms with E-state index in [-0.39, 0.29) is 0 Å². The minimum atomic E-state index is -4.87. The third-order valence-electron chi connectivity index (χ3n) is 1.92. The van der Waals surface area contributed by atoms with Gasteiger partial charge in [0.05, 0.1) is 6.61 Å². The maximum absolute atomic E-state index is 10.9. The number of aliphatic hydroxyl groups excluding tert-OH is 1. The Morgan fingerprint density at radius 3 is 1.87 bits per heavy atom. The fraction of sp³-hybridized carbons (Fsp3) is 0.833. The van der Waals surface area contributed by atoms with Gasteiger partial charge in [0.25, 0.3) is 5.79 Å². The van der Waals surface area contributed by atoms with Crippen molar-refractivity contribution in [1.82, 2.24) is 0 Å². The third-order valence-corrected chi connectivity index (χ3v) is 3.24. The summed E-state index contributed by atoms with van der Waals surface area (Å²) >= 11 is 0. The number of carboxylic acids is 1. The van der Waals surface area contributed by atoms with Crippen molar-refractivity contribution in [2.45, 2.75) is 11.4 Å². The predicted octanol–water partition coefficient (Wildman–Crippen LogP) is -1.40. The molecule has 0 bridgehead atoms. The van der Waals surface area contributed by atoms with E-state index in [4.69, 9.17) is 20.0 Å². The van der Waals surface area contributed by atoms with Gasteiger partial charge in [-0.3, -0.25) is 4.57 Å². The monoisotopic (exact) mass is 244 g/mol. The van der Waals surface area contributed by atoms with Gasteiger partial charge in [0, 0.05) is 14.2 Å². The molecule has 15 heavy (non-hydrogen) atoms. The van der Waals surface area contributed by atoms with Crippen LogP contribution in [0.5, 0.6) is 0 Å². The molecule has 1 unspecified atom stereocenters. The second kappa shape index (κ2) is 5.02. The van der Waals surface area contributed by atoms with E-state index in [9.17, 15) is 9.36 Å². The van der Waals surface area contributed by atoms with Crippen LogP contribution in [0.2, 0.25) is 0 Å². The molecule has 0 rings (SSSR count). The van der Waals surface area contributed by atoms with Crippen molar-refractivity contribution in [3.63, 3.8) is 0 Å². The molecule has 0 aliphatic carbocycles. The Kier molecular flexibility index (Phi) is 4.85. The fourth-order valence-electron chi connectivity index (χ4n) is 1.12. The maximum Gasteiger partial charge on any atom is 0.365 e. The Labute approximate surface area is 85.6 Å². The van der Waals surface area contributed by atoms with E-state index in [1.54, 1.807) is 0 Å². The minimum Gasteiger partial charge on any atom is -0.477 e. The fourth-order valence-corrected chi connectivity index (χ4v) is 2.10. The van der Waals surface area contributed by atoms with Crippen LogP contribution in [0, 0.1) is 0 Å². The quantitative estimate of drug-likeness (QED) is 0.331. The molecule has 0 aromatic carbocycles. The lowest BCUT2D eigenvalue weighted by molar-refractivity contribution is -0.229. The van der Waals surface area contributed by atoms with Crippen molar-refractivity contribution in [2.75, 3.05) is 20.8 Å². The van der Waals surface area contributed by atoms with E-state index in [0.717, 1.165) is 14.2 Å². The number of hydrogen-bond acceptors (Lipinski definition) is 5. The van der Waals surface area contributed by atoms with Crippen LogP contribution in [0.3, 0.4) is 0 Å². The normalized spacial score (nSPS) is 15.0. The van der Waals surface area contributed by atoms with Gasteiger partial charge in [-0.1, -0.05) is 0 Å². The van der Waals surface area contributed by atoms with Crippen LogP contribution < -0.4 is 0 Å². The summed E-state index contributed by atoms with van der Waals surface area (Å²) in [6, 6.07) is 0. The van der Waals surface area contributed by atoms with Crippen molar-refractivity contribution in [1.29, 1.82) is 0 Å². The molecule has 0 aliphatic heterocycles. The molecule has 0 aliphatic rings. The Bertz CT molecular complexity index is 266. The Morgan fingerprint density at radius 2 is 1.80 bits per heavy atom. The molecule has 8 nitrogen and oxygen atoms in total. The number of methoxy groups -OCH3 is 2. The van der Waals surface area contributed by atoms with E-state index in [1.807, 2.05) is 0 Å². The summed E-state index contributed by atoms with van der Waals surface area (Å²) in [6.45, 7) is -1.09. The smallest absolute Gasteiger partial charge is 0.365 e. The van der Waals surface area contributed by atoms with Crippen molar-refractivity contribution < 1.29 is 38.8 Å². The zero-order valence-electron chi connectivity index (χ0n) is 8.15. The second-order valence-corrected chi connectivity index (χ2v) is 4.47. The zero-order chi connectivity index (χ0) is 12.3. The summed E-state index contributed by atoms with van der Waals surface area (Å²) in [4.78, 5) is 28.5. The maximum atomic E-state index is 10.9. The number of aliphatic carboxylic acids is 1. The van der Waals surface area contributed by atoms with Crippen LogP contribution in [-0.4, -0.2) is 58.2 Å². The van der Waals surface area contributed by atoms with E-state index in [2.05, 4.69) is 9.47 Å². The molecular weight excluding hydrogens is 231 g/mol. The second-order valence-electron chi connectivity index (χ2n) is 2.67. The predicted molar refractivity (Wildman–Crippen MR) is 47.3 cm³/mol. The van der Waals surface area contributed by atoms with Crippen LogP contribution in [-0.2, 0) is 18.8 Å². The summed E-state index contributed by atoms with van der Waals surface area (Å²) in [7, 11) is -3.04. The molecule has 4 N–H and O–H groups in total. The molecule has 0 amide bonds. The summed E-state index contributed by atoms with van der Waals surface area (Å²) < 4.78 is 19.9. The van der Waals surface area contributed by atoms with Gasteiger partial charge in [0.1, 0.15) is 5.66 Å². The highest BCUT2D eigenvalue weighted by molar-refractivity contribution is 7.52. The summed E-state index contributed by atoms with van der Waals surface area (Å²) in [5, 5.41) is 17.6. The number of carbonyl (C=O) groups is 1. The third kappa shape index (κ3) is 2.75. The molecule has 90 valence electrons. The molecule has 0 saturated heterocycles. The van der Waals surface area contributed by atoms with Crippen LogP contribution in [0.15, 0.2) is 0 Å².